The molecule has 4 heteroatoms. The molecular formula is C14H22N2O2. The summed E-state index contributed by atoms with van der Waals surface area (Å²) in [5.41, 5.74) is 6.37. The molecule has 4 nitrogen and oxygen atoms in total. The number of ether oxygens (including phenoxy) is 1. The average Bonchev–Trinajstić information content (AvgIpc) is 2.35. The lowest BCUT2D eigenvalue weighted by molar-refractivity contribution is -0.123. The fraction of sp³-hybridized carbons (Fsp3) is 0.500. The molecule has 1 rings (SSSR count). The number of para-hydroxylation sites is 2. The van der Waals surface area contributed by atoms with Crippen molar-refractivity contribution in [2.75, 3.05) is 18.9 Å². The maximum absolute atomic E-state index is 11.6. The smallest absolute Gasteiger partial charge is 0.257 e. The molecule has 3 N–H and O–H groups in total. The van der Waals surface area contributed by atoms with Crippen molar-refractivity contribution in [3.8, 4) is 5.75 Å². The predicted octanol–water partition coefficient (Wildman–Crippen LogP) is 2.20. The number of benzene rings is 1. The summed E-state index contributed by atoms with van der Waals surface area (Å²) >= 11 is 0. The van der Waals surface area contributed by atoms with Gasteiger partial charge in [-0.1, -0.05) is 32.9 Å². The molecule has 0 bridgehead atoms. The second-order valence-corrected chi connectivity index (χ2v) is 5.12. The van der Waals surface area contributed by atoms with E-state index in [0.29, 0.717) is 18.0 Å². The number of anilines is 1. The van der Waals surface area contributed by atoms with Gasteiger partial charge in [0.1, 0.15) is 5.75 Å². The standard InChI is InChI=1S/C14H22N2O2/c1-4-14(2,3)10-16-13(17)9-18-12-8-6-5-7-11(12)15/h5-8H,4,9-10,15H2,1-3H3,(H,16,17). The average molecular weight is 250 g/mol. The molecule has 0 saturated carbocycles. The fourth-order valence-corrected chi connectivity index (χ4v) is 1.27. The monoisotopic (exact) mass is 250 g/mol. The molecule has 1 aromatic carbocycles. The van der Waals surface area contributed by atoms with Crippen LogP contribution in [0.4, 0.5) is 5.69 Å². The van der Waals surface area contributed by atoms with Crippen LogP contribution in [0.2, 0.25) is 0 Å². The van der Waals surface area contributed by atoms with Crippen molar-refractivity contribution in [1.29, 1.82) is 0 Å². The van der Waals surface area contributed by atoms with Gasteiger partial charge in [0.25, 0.3) is 5.91 Å². The Morgan fingerprint density at radius 1 is 1.39 bits per heavy atom. The minimum absolute atomic E-state index is 0.00594. The topological polar surface area (TPSA) is 64.3 Å². The van der Waals surface area contributed by atoms with Crippen LogP contribution in [0.3, 0.4) is 0 Å². The Kier molecular flexibility index (Phi) is 5.01. The lowest BCUT2D eigenvalue weighted by Gasteiger charge is -2.22. The van der Waals surface area contributed by atoms with Crippen molar-refractivity contribution in [3.05, 3.63) is 24.3 Å². The third-order valence-electron chi connectivity index (χ3n) is 3.00. The van der Waals surface area contributed by atoms with Gasteiger partial charge in [-0.05, 0) is 24.0 Å². The molecule has 1 aromatic rings. The van der Waals surface area contributed by atoms with Crippen LogP contribution in [0.25, 0.3) is 0 Å². The maximum atomic E-state index is 11.6. The van der Waals surface area contributed by atoms with E-state index in [1.165, 1.54) is 0 Å². The van der Waals surface area contributed by atoms with Gasteiger partial charge in [0, 0.05) is 6.54 Å². The molecule has 100 valence electrons. The van der Waals surface area contributed by atoms with E-state index in [0.717, 1.165) is 6.42 Å². The van der Waals surface area contributed by atoms with Crippen LogP contribution >= 0.6 is 0 Å². The zero-order valence-electron chi connectivity index (χ0n) is 11.3. The quantitative estimate of drug-likeness (QED) is 0.761. The van der Waals surface area contributed by atoms with Gasteiger partial charge in [-0.25, -0.2) is 0 Å². The highest BCUT2D eigenvalue weighted by Gasteiger charge is 2.16. The Morgan fingerprint density at radius 3 is 2.67 bits per heavy atom. The molecular weight excluding hydrogens is 228 g/mol. The highest BCUT2D eigenvalue weighted by molar-refractivity contribution is 5.77. The van der Waals surface area contributed by atoms with Crippen LogP contribution in [0, 0.1) is 5.41 Å². The van der Waals surface area contributed by atoms with Gasteiger partial charge in [-0.3, -0.25) is 4.79 Å². The predicted molar refractivity (Wildman–Crippen MR) is 73.4 cm³/mol. The summed E-state index contributed by atoms with van der Waals surface area (Å²) < 4.78 is 5.36. The first-order valence-electron chi connectivity index (χ1n) is 6.18. The molecule has 0 radical (unpaired) electrons. The van der Waals surface area contributed by atoms with Gasteiger partial charge < -0.3 is 15.8 Å². The first-order chi connectivity index (χ1) is 8.44. The third kappa shape index (κ3) is 4.65. The zero-order chi connectivity index (χ0) is 13.6. The van der Waals surface area contributed by atoms with E-state index < -0.39 is 0 Å². The van der Waals surface area contributed by atoms with Gasteiger partial charge in [-0.15, -0.1) is 0 Å². The van der Waals surface area contributed by atoms with Crippen LogP contribution in [0.1, 0.15) is 27.2 Å². The number of hydrogen-bond donors (Lipinski definition) is 2. The van der Waals surface area contributed by atoms with Gasteiger partial charge in [0.05, 0.1) is 5.69 Å². The van der Waals surface area contributed by atoms with Crippen molar-refractivity contribution in [2.24, 2.45) is 5.41 Å². The normalized spacial score (nSPS) is 11.1. The maximum Gasteiger partial charge on any atom is 0.257 e. The van der Waals surface area contributed by atoms with Crippen molar-refractivity contribution in [3.63, 3.8) is 0 Å². The number of amides is 1. The Hall–Kier alpha value is -1.71. The number of rotatable bonds is 6. The molecule has 0 saturated heterocycles. The molecule has 0 fully saturated rings. The van der Waals surface area contributed by atoms with Crippen molar-refractivity contribution in [1.82, 2.24) is 5.32 Å². The first kappa shape index (κ1) is 14.4. The fourth-order valence-electron chi connectivity index (χ4n) is 1.27. The summed E-state index contributed by atoms with van der Waals surface area (Å²) in [5, 5.41) is 2.86. The third-order valence-corrected chi connectivity index (χ3v) is 3.00. The summed E-state index contributed by atoms with van der Waals surface area (Å²) in [6.45, 7) is 6.98. The van der Waals surface area contributed by atoms with E-state index in [1.807, 2.05) is 12.1 Å². The molecule has 0 heterocycles. The zero-order valence-corrected chi connectivity index (χ0v) is 11.3. The molecule has 0 spiro atoms. The number of nitrogens with one attached hydrogen (secondary N) is 1. The molecule has 0 unspecified atom stereocenters. The second-order valence-electron chi connectivity index (χ2n) is 5.12. The van der Waals surface area contributed by atoms with Crippen LogP contribution in [0.15, 0.2) is 24.3 Å². The van der Waals surface area contributed by atoms with Crippen LogP contribution in [0.5, 0.6) is 5.75 Å². The molecule has 0 aromatic heterocycles. The molecule has 18 heavy (non-hydrogen) atoms. The molecule has 0 aliphatic carbocycles. The van der Waals surface area contributed by atoms with Crippen LogP contribution in [-0.4, -0.2) is 19.1 Å². The summed E-state index contributed by atoms with van der Waals surface area (Å²) in [7, 11) is 0. The van der Waals surface area contributed by atoms with Gasteiger partial charge in [-0.2, -0.15) is 0 Å². The van der Waals surface area contributed by atoms with E-state index >= 15 is 0 Å². The van der Waals surface area contributed by atoms with Crippen molar-refractivity contribution >= 4 is 11.6 Å². The number of nitrogen functional groups attached to an aromatic ring is 1. The Bertz CT molecular complexity index is 403. The number of carbonyl (C=O) groups excluding carboxylic acids is 1. The Morgan fingerprint density at radius 2 is 2.06 bits per heavy atom. The SMILES string of the molecule is CCC(C)(C)CNC(=O)COc1ccccc1N. The molecule has 0 aliphatic rings. The minimum Gasteiger partial charge on any atom is -0.482 e. The van der Waals surface area contributed by atoms with E-state index in [-0.39, 0.29) is 17.9 Å². The summed E-state index contributed by atoms with van der Waals surface area (Å²) in [4.78, 5) is 11.6. The first-order valence-corrected chi connectivity index (χ1v) is 6.18. The van der Waals surface area contributed by atoms with Crippen molar-refractivity contribution < 1.29 is 9.53 Å². The molecule has 1 amide bonds. The highest BCUT2D eigenvalue weighted by Crippen LogP contribution is 2.20. The van der Waals surface area contributed by atoms with Gasteiger partial charge in [0.2, 0.25) is 0 Å². The van der Waals surface area contributed by atoms with Crippen LogP contribution in [-0.2, 0) is 4.79 Å². The van der Waals surface area contributed by atoms with E-state index in [4.69, 9.17) is 10.5 Å². The van der Waals surface area contributed by atoms with Crippen LogP contribution < -0.4 is 15.8 Å². The minimum atomic E-state index is -0.125. The Balaban J connectivity index is 2.36. The number of hydrogen-bond acceptors (Lipinski definition) is 3. The van der Waals surface area contributed by atoms with Gasteiger partial charge >= 0.3 is 0 Å². The summed E-state index contributed by atoms with van der Waals surface area (Å²) in [5.74, 6) is 0.419. The lowest BCUT2D eigenvalue weighted by atomic mass is 9.90. The Labute approximate surface area is 109 Å². The number of carbonyl (C=O) groups is 1. The van der Waals surface area contributed by atoms with Crippen molar-refractivity contribution in [2.45, 2.75) is 27.2 Å². The molecule has 0 atom stereocenters. The van der Waals surface area contributed by atoms with Gasteiger partial charge in [0.15, 0.2) is 6.61 Å². The van der Waals surface area contributed by atoms with E-state index in [2.05, 4.69) is 26.1 Å². The lowest BCUT2D eigenvalue weighted by Crippen LogP contribution is -2.36. The summed E-state index contributed by atoms with van der Waals surface area (Å²) in [6.07, 6.45) is 1.01. The second kappa shape index (κ2) is 6.28. The van der Waals surface area contributed by atoms with E-state index in [1.54, 1.807) is 12.1 Å². The highest BCUT2D eigenvalue weighted by atomic mass is 16.5. The molecule has 0 aliphatic heterocycles. The summed E-state index contributed by atoms with van der Waals surface area (Å²) in [6, 6.07) is 7.14. The largest absolute Gasteiger partial charge is 0.482 e. The number of nitrogens with two attached hydrogens (primary N) is 1. The van der Waals surface area contributed by atoms with E-state index in [9.17, 15) is 4.79 Å².